The summed E-state index contributed by atoms with van der Waals surface area (Å²) in [6.07, 6.45) is 0. The molecule has 1 N–H and O–H groups in total. The zero-order valence-electron chi connectivity index (χ0n) is 16.7. The molecular weight excluding hydrogens is 437 g/mol. The van der Waals surface area contributed by atoms with Crippen molar-refractivity contribution in [3.63, 3.8) is 0 Å². The Morgan fingerprint density at radius 3 is 2.00 bits per heavy atom. The lowest BCUT2D eigenvalue weighted by Crippen LogP contribution is -1.98. The van der Waals surface area contributed by atoms with E-state index in [1.54, 1.807) is 18.2 Å². The van der Waals surface area contributed by atoms with Crippen molar-refractivity contribution >= 4 is 34.9 Å². The van der Waals surface area contributed by atoms with Crippen LogP contribution in [0.3, 0.4) is 0 Å². The number of nitriles is 2. The zero-order valence-corrected chi connectivity index (χ0v) is 18.4. The van der Waals surface area contributed by atoms with Crippen LogP contribution in [0.2, 0.25) is 0 Å². The molecule has 0 amide bonds. The first-order valence-corrected chi connectivity index (χ1v) is 11.3. The molecule has 0 spiro atoms. The van der Waals surface area contributed by atoms with Gasteiger partial charge in [0.25, 0.3) is 0 Å². The minimum atomic E-state index is -0.364. The summed E-state index contributed by atoms with van der Waals surface area (Å²) in [5.41, 5.74) is 1.47. The molecule has 0 radical (unpaired) electrons. The van der Waals surface area contributed by atoms with Gasteiger partial charge in [-0.25, -0.2) is 4.39 Å². The van der Waals surface area contributed by atoms with Gasteiger partial charge >= 0.3 is 0 Å². The molecule has 0 aliphatic heterocycles. The van der Waals surface area contributed by atoms with Crippen molar-refractivity contribution < 1.29 is 4.39 Å². The van der Waals surface area contributed by atoms with Gasteiger partial charge in [0.05, 0.1) is 21.7 Å². The number of nitrogens with one attached hydrogen (secondary N) is 1. The zero-order chi connectivity index (χ0) is 22.3. The van der Waals surface area contributed by atoms with E-state index in [2.05, 4.69) is 11.4 Å². The minimum absolute atomic E-state index is 0.232. The third-order valence-electron chi connectivity index (χ3n) is 4.52. The van der Waals surface area contributed by atoms with Gasteiger partial charge in [-0.2, -0.15) is 10.5 Å². The van der Waals surface area contributed by atoms with Crippen molar-refractivity contribution in [1.82, 2.24) is 0 Å². The monoisotopic (exact) mass is 453 g/mol. The second kappa shape index (κ2) is 10.1. The lowest BCUT2D eigenvalue weighted by Gasteiger charge is -2.15. The van der Waals surface area contributed by atoms with Gasteiger partial charge in [0.15, 0.2) is 0 Å². The quantitative estimate of drug-likeness (QED) is 0.325. The Bertz CT molecular complexity index is 1330. The van der Waals surface area contributed by atoms with Gasteiger partial charge in [0, 0.05) is 20.4 Å². The predicted octanol–water partition coefficient (Wildman–Crippen LogP) is 7.62. The second-order valence-electron chi connectivity index (χ2n) is 6.69. The lowest BCUT2D eigenvalue weighted by molar-refractivity contribution is 0.595. The van der Waals surface area contributed by atoms with Crippen LogP contribution in [0.5, 0.6) is 0 Å². The molecule has 4 rings (SSSR count). The normalized spacial score (nSPS) is 10.2. The van der Waals surface area contributed by atoms with Crippen LogP contribution in [-0.2, 0) is 0 Å². The standard InChI is InChI=1S/C26H16FN3S2/c27-23-14-19(30-24-13-7-8-18(16-28)22(24)17-29)15-25(31-20-9-3-1-4-10-20)26(23)32-21-11-5-2-6-12-21/h1-15,30H. The molecule has 0 atom stereocenters. The van der Waals surface area contributed by atoms with E-state index in [0.717, 1.165) is 14.7 Å². The number of rotatable bonds is 6. The topological polar surface area (TPSA) is 59.6 Å². The lowest BCUT2D eigenvalue weighted by atomic mass is 10.1. The first kappa shape index (κ1) is 21.5. The molecule has 4 aromatic carbocycles. The van der Waals surface area contributed by atoms with Crippen LogP contribution in [-0.4, -0.2) is 0 Å². The van der Waals surface area contributed by atoms with Crippen LogP contribution >= 0.6 is 23.5 Å². The largest absolute Gasteiger partial charge is 0.354 e. The summed E-state index contributed by atoms with van der Waals surface area (Å²) in [5, 5.41) is 21.9. The van der Waals surface area contributed by atoms with E-state index >= 15 is 4.39 Å². The van der Waals surface area contributed by atoms with Crippen LogP contribution in [0.25, 0.3) is 0 Å². The Kier molecular flexibility index (Phi) is 6.77. The molecule has 0 bridgehead atoms. The van der Waals surface area contributed by atoms with Gasteiger partial charge in [0.1, 0.15) is 18.0 Å². The number of anilines is 2. The summed E-state index contributed by atoms with van der Waals surface area (Å²) in [6, 6.07) is 31.8. The summed E-state index contributed by atoms with van der Waals surface area (Å²) in [6.45, 7) is 0. The molecule has 4 aromatic rings. The Morgan fingerprint density at radius 1 is 0.719 bits per heavy atom. The predicted molar refractivity (Wildman–Crippen MR) is 127 cm³/mol. The van der Waals surface area contributed by atoms with Gasteiger partial charge in [-0.15, -0.1) is 0 Å². The first-order chi connectivity index (χ1) is 15.7. The summed E-state index contributed by atoms with van der Waals surface area (Å²) in [5.74, 6) is -0.364. The average molecular weight is 454 g/mol. The van der Waals surface area contributed by atoms with Gasteiger partial charge in [0.2, 0.25) is 0 Å². The summed E-state index contributed by atoms with van der Waals surface area (Å²) >= 11 is 2.84. The van der Waals surface area contributed by atoms with Crippen molar-refractivity contribution in [2.24, 2.45) is 0 Å². The van der Waals surface area contributed by atoms with Crippen molar-refractivity contribution in [2.75, 3.05) is 5.32 Å². The van der Waals surface area contributed by atoms with Crippen LogP contribution in [0.1, 0.15) is 11.1 Å². The van der Waals surface area contributed by atoms with Crippen LogP contribution < -0.4 is 5.32 Å². The smallest absolute Gasteiger partial charge is 0.140 e. The highest BCUT2D eigenvalue weighted by molar-refractivity contribution is 8.02. The fourth-order valence-electron chi connectivity index (χ4n) is 3.06. The molecule has 0 saturated heterocycles. The highest BCUT2D eigenvalue weighted by Crippen LogP contribution is 2.42. The van der Waals surface area contributed by atoms with Gasteiger partial charge < -0.3 is 5.32 Å². The number of hydrogen-bond acceptors (Lipinski definition) is 5. The average Bonchev–Trinajstić information content (AvgIpc) is 2.82. The van der Waals surface area contributed by atoms with Gasteiger partial charge in [-0.05, 0) is 48.5 Å². The maximum Gasteiger partial charge on any atom is 0.140 e. The van der Waals surface area contributed by atoms with E-state index in [9.17, 15) is 10.5 Å². The number of benzene rings is 4. The van der Waals surface area contributed by atoms with E-state index in [0.29, 0.717) is 16.3 Å². The SMILES string of the molecule is N#Cc1cccc(Nc2cc(F)c(Sc3ccccc3)c(Sc3ccccc3)c2)c1C#N. The number of halogens is 1. The van der Waals surface area contributed by atoms with E-state index in [1.807, 2.05) is 72.8 Å². The van der Waals surface area contributed by atoms with E-state index in [4.69, 9.17) is 0 Å². The van der Waals surface area contributed by atoms with Gasteiger partial charge in [-0.3, -0.25) is 0 Å². The summed E-state index contributed by atoms with van der Waals surface area (Å²) in [4.78, 5) is 3.21. The molecule has 6 heteroatoms. The molecule has 32 heavy (non-hydrogen) atoms. The molecule has 0 heterocycles. The van der Waals surface area contributed by atoms with Crippen LogP contribution in [0.15, 0.2) is 111 Å². The molecular formula is C26H16FN3S2. The second-order valence-corrected chi connectivity index (χ2v) is 8.89. The summed E-state index contributed by atoms with van der Waals surface area (Å²) in [7, 11) is 0. The Balaban J connectivity index is 1.75. The highest BCUT2D eigenvalue weighted by Gasteiger charge is 2.16. The molecule has 154 valence electrons. The Hall–Kier alpha value is -3.71. The first-order valence-electron chi connectivity index (χ1n) is 9.67. The highest BCUT2D eigenvalue weighted by atomic mass is 32.2. The fraction of sp³-hybridized carbons (Fsp3) is 0. The molecule has 0 aliphatic rings. The van der Waals surface area contributed by atoms with E-state index in [1.165, 1.54) is 29.6 Å². The minimum Gasteiger partial charge on any atom is -0.354 e. The summed E-state index contributed by atoms with van der Waals surface area (Å²) < 4.78 is 15.3. The van der Waals surface area contributed by atoms with Crippen molar-refractivity contribution in [3.8, 4) is 12.1 Å². The van der Waals surface area contributed by atoms with Gasteiger partial charge in [-0.1, -0.05) is 66.0 Å². The molecule has 0 aromatic heterocycles. The number of hydrogen-bond donors (Lipinski definition) is 1. The Morgan fingerprint density at radius 2 is 1.38 bits per heavy atom. The van der Waals surface area contributed by atoms with Crippen molar-refractivity contribution in [1.29, 1.82) is 10.5 Å². The molecule has 0 fully saturated rings. The third-order valence-corrected chi connectivity index (χ3v) is 6.83. The van der Waals surface area contributed by atoms with Crippen molar-refractivity contribution in [2.45, 2.75) is 19.6 Å². The molecule has 3 nitrogen and oxygen atoms in total. The maximum atomic E-state index is 15.3. The molecule has 0 unspecified atom stereocenters. The fourth-order valence-corrected chi connectivity index (χ4v) is 5.08. The Labute approximate surface area is 194 Å². The van der Waals surface area contributed by atoms with E-state index in [-0.39, 0.29) is 16.9 Å². The molecule has 0 aliphatic carbocycles. The number of nitrogens with zero attached hydrogens (tertiary/aromatic N) is 2. The van der Waals surface area contributed by atoms with Crippen LogP contribution in [0.4, 0.5) is 15.8 Å². The van der Waals surface area contributed by atoms with Crippen molar-refractivity contribution in [3.05, 3.63) is 108 Å². The third kappa shape index (κ3) is 4.95. The maximum absolute atomic E-state index is 15.3. The molecule has 0 saturated carbocycles. The van der Waals surface area contributed by atoms with E-state index < -0.39 is 0 Å². The van der Waals surface area contributed by atoms with Crippen LogP contribution in [0, 0.1) is 28.5 Å².